The van der Waals surface area contributed by atoms with Gasteiger partial charge >= 0.3 is 0 Å². The van der Waals surface area contributed by atoms with Gasteiger partial charge < -0.3 is 5.73 Å². The van der Waals surface area contributed by atoms with Crippen molar-refractivity contribution >= 4 is 0 Å². The van der Waals surface area contributed by atoms with Gasteiger partial charge in [0.25, 0.3) is 0 Å². The number of rotatable bonds is 4. The summed E-state index contributed by atoms with van der Waals surface area (Å²) in [5.41, 5.74) is 6.35. The van der Waals surface area contributed by atoms with Crippen LogP contribution in [0.1, 0.15) is 58.3 Å². The smallest absolute Gasteiger partial charge is 0.0247 e. The predicted molar refractivity (Wildman–Crippen MR) is 69.4 cm³/mol. The highest BCUT2D eigenvalue weighted by Crippen LogP contribution is 2.29. The summed E-state index contributed by atoms with van der Waals surface area (Å²) in [4.78, 5) is 2.68. The molecule has 0 heterocycles. The minimum Gasteiger partial charge on any atom is -0.326 e. The SMILES string of the molecule is CCN(CC1CCC1)C1CCCCCC1N. The van der Waals surface area contributed by atoms with Crippen molar-refractivity contribution in [2.45, 2.75) is 70.4 Å². The van der Waals surface area contributed by atoms with Gasteiger partial charge in [-0.25, -0.2) is 0 Å². The molecule has 2 fully saturated rings. The topological polar surface area (TPSA) is 29.3 Å². The van der Waals surface area contributed by atoms with Gasteiger partial charge in [0.1, 0.15) is 0 Å². The zero-order valence-corrected chi connectivity index (χ0v) is 10.8. The van der Waals surface area contributed by atoms with Crippen LogP contribution in [0.2, 0.25) is 0 Å². The van der Waals surface area contributed by atoms with E-state index in [1.807, 2.05) is 0 Å². The molecule has 0 radical (unpaired) electrons. The van der Waals surface area contributed by atoms with Crippen LogP contribution in [-0.2, 0) is 0 Å². The minimum absolute atomic E-state index is 0.433. The fraction of sp³-hybridized carbons (Fsp3) is 1.00. The van der Waals surface area contributed by atoms with Gasteiger partial charge in [0.2, 0.25) is 0 Å². The lowest BCUT2D eigenvalue weighted by atomic mass is 9.84. The van der Waals surface area contributed by atoms with Crippen LogP contribution in [0.3, 0.4) is 0 Å². The van der Waals surface area contributed by atoms with Crippen molar-refractivity contribution in [3.8, 4) is 0 Å². The summed E-state index contributed by atoms with van der Waals surface area (Å²) >= 11 is 0. The molecule has 0 aromatic rings. The van der Waals surface area contributed by atoms with E-state index in [9.17, 15) is 0 Å². The van der Waals surface area contributed by atoms with Crippen molar-refractivity contribution in [1.29, 1.82) is 0 Å². The van der Waals surface area contributed by atoms with Gasteiger partial charge in [-0.3, -0.25) is 4.90 Å². The molecule has 2 aliphatic carbocycles. The van der Waals surface area contributed by atoms with Crippen LogP contribution in [0.15, 0.2) is 0 Å². The van der Waals surface area contributed by atoms with Gasteiger partial charge in [-0.15, -0.1) is 0 Å². The van der Waals surface area contributed by atoms with E-state index in [2.05, 4.69) is 11.8 Å². The van der Waals surface area contributed by atoms with Crippen LogP contribution in [0, 0.1) is 5.92 Å². The molecular formula is C14H28N2. The Bertz CT molecular complexity index is 201. The highest BCUT2D eigenvalue weighted by molar-refractivity contribution is 4.86. The molecule has 2 saturated carbocycles. The summed E-state index contributed by atoms with van der Waals surface area (Å²) in [6.45, 7) is 4.81. The van der Waals surface area contributed by atoms with Crippen LogP contribution in [0.5, 0.6) is 0 Å². The van der Waals surface area contributed by atoms with Crippen molar-refractivity contribution in [3.63, 3.8) is 0 Å². The number of nitrogens with two attached hydrogens (primary N) is 1. The summed E-state index contributed by atoms with van der Waals surface area (Å²) < 4.78 is 0. The standard InChI is InChI=1S/C14H28N2/c1-2-16(11-12-7-6-8-12)14-10-5-3-4-9-13(14)15/h12-14H,2-11,15H2,1H3. The van der Waals surface area contributed by atoms with Crippen molar-refractivity contribution in [2.24, 2.45) is 11.7 Å². The van der Waals surface area contributed by atoms with E-state index < -0.39 is 0 Å². The first-order valence-electron chi connectivity index (χ1n) is 7.31. The molecule has 0 aromatic heterocycles. The van der Waals surface area contributed by atoms with Gasteiger partial charge in [0.15, 0.2) is 0 Å². The summed E-state index contributed by atoms with van der Waals surface area (Å²) in [6.07, 6.45) is 11.1. The van der Waals surface area contributed by atoms with Gasteiger partial charge in [-0.05, 0) is 38.1 Å². The molecule has 0 amide bonds. The van der Waals surface area contributed by atoms with E-state index in [4.69, 9.17) is 5.73 Å². The molecule has 94 valence electrons. The third-order valence-electron chi connectivity index (χ3n) is 4.62. The largest absolute Gasteiger partial charge is 0.326 e. The molecule has 2 N–H and O–H groups in total. The summed E-state index contributed by atoms with van der Waals surface area (Å²) in [7, 11) is 0. The van der Waals surface area contributed by atoms with Crippen molar-refractivity contribution in [3.05, 3.63) is 0 Å². The Morgan fingerprint density at radius 3 is 2.38 bits per heavy atom. The average molecular weight is 224 g/mol. The first kappa shape index (κ1) is 12.4. The summed E-state index contributed by atoms with van der Waals surface area (Å²) in [6, 6.07) is 1.11. The Morgan fingerprint density at radius 1 is 1.00 bits per heavy atom. The maximum atomic E-state index is 6.35. The van der Waals surface area contributed by atoms with Gasteiger partial charge in [-0.2, -0.15) is 0 Å². The normalized spacial score (nSPS) is 32.4. The Labute approximate surface area is 101 Å². The fourth-order valence-corrected chi connectivity index (χ4v) is 3.28. The van der Waals surface area contributed by atoms with Crippen molar-refractivity contribution in [2.75, 3.05) is 13.1 Å². The lowest BCUT2D eigenvalue weighted by molar-refractivity contribution is 0.117. The first-order chi connectivity index (χ1) is 7.81. The number of hydrogen-bond acceptors (Lipinski definition) is 2. The molecule has 0 saturated heterocycles. The molecule has 2 nitrogen and oxygen atoms in total. The zero-order valence-electron chi connectivity index (χ0n) is 10.8. The molecule has 0 spiro atoms. The molecule has 16 heavy (non-hydrogen) atoms. The van der Waals surface area contributed by atoms with E-state index in [1.54, 1.807) is 0 Å². The minimum atomic E-state index is 0.433. The van der Waals surface area contributed by atoms with Crippen molar-refractivity contribution in [1.82, 2.24) is 4.90 Å². The highest BCUT2D eigenvalue weighted by atomic mass is 15.2. The third kappa shape index (κ3) is 2.98. The second-order valence-electron chi connectivity index (χ2n) is 5.75. The molecule has 0 aliphatic heterocycles. The zero-order chi connectivity index (χ0) is 11.4. The van der Waals surface area contributed by atoms with E-state index in [0.29, 0.717) is 12.1 Å². The Balaban J connectivity index is 1.88. The monoisotopic (exact) mass is 224 g/mol. The average Bonchev–Trinajstić information content (AvgIpc) is 2.43. The fourth-order valence-electron chi connectivity index (χ4n) is 3.28. The second-order valence-corrected chi connectivity index (χ2v) is 5.75. The number of hydrogen-bond donors (Lipinski definition) is 1. The van der Waals surface area contributed by atoms with E-state index in [0.717, 1.165) is 5.92 Å². The van der Waals surface area contributed by atoms with Crippen LogP contribution < -0.4 is 5.73 Å². The molecule has 2 rings (SSSR count). The second kappa shape index (κ2) is 6.02. The maximum absolute atomic E-state index is 6.35. The molecule has 2 unspecified atom stereocenters. The van der Waals surface area contributed by atoms with Crippen LogP contribution in [-0.4, -0.2) is 30.1 Å². The van der Waals surface area contributed by atoms with Crippen LogP contribution in [0.25, 0.3) is 0 Å². The molecule has 2 heteroatoms. The highest BCUT2D eigenvalue weighted by Gasteiger charge is 2.28. The first-order valence-corrected chi connectivity index (χ1v) is 7.31. The maximum Gasteiger partial charge on any atom is 0.0247 e. The lowest BCUT2D eigenvalue weighted by Crippen LogP contribution is -2.49. The van der Waals surface area contributed by atoms with E-state index in [-0.39, 0.29) is 0 Å². The number of nitrogens with zero attached hydrogens (tertiary/aromatic N) is 1. The van der Waals surface area contributed by atoms with Gasteiger partial charge in [0, 0.05) is 18.6 Å². The summed E-state index contributed by atoms with van der Waals surface area (Å²) in [5, 5.41) is 0. The molecule has 0 bridgehead atoms. The van der Waals surface area contributed by atoms with Crippen LogP contribution in [0.4, 0.5) is 0 Å². The van der Waals surface area contributed by atoms with Gasteiger partial charge in [-0.1, -0.05) is 32.6 Å². The number of likely N-dealkylation sites (N-methyl/N-ethyl adjacent to an activating group) is 1. The van der Waals surface area contributed by atoms with Crippen LogP contribution >= 0.6 is 0 Å². The molecule has 2 aliphatic rings. The van der Waals surface area contributed by atoms with E-state index >= 15 is 0 Å². The lowest BCUT2D eigenvalue weighted by Gasteiger charge is -2.38. The quantitative estimate of drug-likeness (QED) is 0.744. The molecule has 0 aromatic carbocycles. The van der Waals surface area contributed by atoms with Gasteiger partial charge in [0.05, 0.1) is 0 Å². The summed E-state index contributed by atoms with van der Waals surface area (Å²) in [5.74, 6) is 0.982. The van der Waals surface area contributed by atoms with E-state index in [1.165, 1.54) is 64.5 Å². The Kier molecular flexibility index (Phi) is 4.66. The predicted octanol–water partition coefficient (Wildman–Crippen LogP) is 2.77. The third-order valence-corrected chi connectivity index (χ3v) is 4.62. The Hall–Kier alpha value is -0.0800. The Morgan fingerprint density at radius 2 is 1.75 bits per heavy atom. The van der Waals surface area contributed by atoms with Crippen molar-refractivity contribution < 1.29 is 0 Å². The molecule has 2 atom stereocenters. The molecular weight excluding hydrogens is 196 g/mol.